The Morgan fingerprint density at radius 3 is 2.51 bits per heavy atom. The number of likely N-dealkylation sites (tertiary alicyclic amines) is 3. The van der Waals surface area contributed by atoms with E-state index in [9.17, 15) is 19.5 Å². The maximum Gasteiger partial charge on any atom is 0.319 e. The summed E-state index contributed by atoms with van der Waals surface area (Å²) in [5.41, 5.74) is 13.2. The van der Waals surface area contributed by atoms with Gasteiger partial charge in [0.2, 0.25) is 11.8 Å². The zero-order valence-corrected chi connectivity index (χ0v) is 38.0. The quantitative estimate of drug-likeness (QED) is 0.200. The highest BCUT2D eigenvalue weighted by atomic mass is 16.5. The lowest BCUT2D eigenvalue weighted by Gasteiger charge is -2.43. The highest BCUT2D eigenvalue weighted by molar-refractivity contribution is 6.00. The molecule has 4 atom stereocenters. The predicted octanol–water partition coefficient (Wildman–Crippen LogP) is 5.43. The summed E-state index contributed by atoms with van der Waals surface area (Å²) >= 11 is 0. The van der Waals surface area contributed by atoms with Gasteiger partial charge in [-0.25, -0.2) is 4.79 Å². The number of allylic oxidation sites excluding steroid dienone is 3. The normalized spacial score (nSPS) is 24.8. The largest absolute Gasteiger partial charge is 0.507 e. The number of anilines is 3. The number of carbonyl (C=O) groups is 3. The van der Waals surface area contributed by atoms with Crippen molar-refractivity contribution < 1.29 is 29.0 Å². The van der Waals surface area contributed by atoms with Crippen molar-refractivity contribution in [2.24, 2.45) is 11.8 Å². The Hall–Kier alpha value is -6.03. The van der Waals surface area contributed by atoms with Gasteiger partial charge in [-0.1, -0.05) is 38.1 Å². The first-order valence-electron chi connectivity index (χ1n) is 23.6. The molecule has 0 saturated carbocycles. The number of amides is 4. The number of ether oxygens (including phenoxy) is 2. The topological polar surface area (TPSA) is 182 Å². The van der Waals surface area contributed by atoms with E-state index in [1.807, 2.05) is 59.3 Å². The van der Waals surface area contributed by atoms with E-state index in [-0.39, 0.29) is 53.7 Å². The molecule has 5 aliphatic heterocycles. The van der Waals surface area contributed by atoms with Crippen LogP contribution in [0, 0.1) is 11.8 Å². The van der Waals surface area contributed by atoms with Gasteiger partial charge in [-0.05, 0) is 79.8 Å². The molecule has 0 radical (unpaired) electrons. The fourth-order valence-electron chi connectivity index (χ4n) is 10.8. The minimum absolute atomic E-state index is 0.00240. The number of rotatable bonds is 9. The molecule has 4 amide bonds. The highest BCUT2D eigenvalue weighted by Crippen LogP contribution is 2.42. The molecular weight excluding hydrogens is 825 g/mol. The Morgan fingerprint density at radius 1 is 0.923 bits per heavy atom. The van der Waals surface area contributed by atoms with Crippen LogP contribution in [0.1, 0.15) is 65.2 Å². The molecule has 0 bridgehead atoms. The number of nitrogens with zero attached hydrogens (tertiary/aromatic N) is 7. The third kappa shape index (κ3) is 9.68. The van der Waals surface area contributed by atoms with Crippen LogP contribution in [0.5, 0.6) is 11.5 Å². The first-order valence-corrected chi connectivity index (χ1v) is 23.6. The first-order chi connectivity index (χ1) is 31.5. The molecule has 3 aromatic rings. The van der Waals surface area contributed by atoms with Crippen molar-refractivity contribution in [1.29, 1.82) is 0 Å². The number of nitrogen functional groups attached to an aromatic ring is 1. The molecule has 2 aromatic carbocycles. The second kappa shape index (κ2) is 19.2. The van der Waals surface area contributed by atoms with Crippen molar-refractivity contribution in [2.75, 3.05) is 82.0 Å². The van der Waals surface area contributed by atoms with Gasteiger partial charge < -0.3 is 50.1 Å². The summed E-state index contributed by atoms with van der Waals surface area (Å²) in [5.74, 6) is 1.54. The summed E-state index contributed by atoms with van der Waals surface area (Å²) in [6.45, 7) is 10.7. The van der Waals surface area contributed by atoms with Crippen LogP contribution in [0.25, 0.3) is 11.3 Å². The van der Waals surface area contributed by atoms with Gasteiger partial charge in [0.25, 0.3) is 0 Å². The van der Waals surface area contributed by atoms with Crippen LogP contribution in [0.3, 0.4) is 0 Å². The Kier molecular flexibility index (Phi) is 13.1. The Bertz CT molecular complexity index is 2310. The second-order valence-electron chi connectivity index (χ2n) is 18.9. The van der Waals surface area contributed by atoms with E-state index in [0.717, 1.165) is 75.3 Å². The summed E-state index contributed by atoms with van der Waals surface area (Å²) in [6.07, 6.45) is 8.40. The Balaban J connectivity index is 0.763. The summed E-state index contributed by atoms with van der Waals surface area (Å²) in [6, 6.07) is 16.9. The Morgan fingerprint density at radius 2 is 1.72 bits per heavy atom. The third-order valence-corrected chi connectivity index (χ3v) is 14.1. The average molecular weight is 889 g/mol. The lowest BCUT2D eigenvalue weighted by atomic mass is 9.88. The molecule has 9 rings (SSSR count). The standard InChI is InChI=1S/C49H64N10O6/c1-31-27-58(43-26-40(53-54-47(43)50)38-9-4-5-10-44(38)60)28-34(30-64-29-31)51-33-7-6-8-37(25-33)65-36-17-22-57(23-18-36)49(63)55(3)35-15-20-56(21-16-35)46-32(2)11-12-41-39(46)19-24-59(41)42-13-14-45(61)52-48(42)62/h4-10,12,25-26,31-32,34-36,42,51,60H,11,13-24,27-30H2,1-3H3,(H2,50,54)(H,52,61,62)/t31-,32?,34+,42?/m1/s1. The molecule has 6 heterocycles. The molecule has 16 nitrogen and oxygen atoms in total. The molecule has 0 spiro atoms. The van der Waals surface area contributed by atoms with Gasteiger partial charge in [0.1, 0.15) is 23.6 Å². The number of phenols is 1. The van der Waals surface area contributed by atoms with Crippen LogP contribution >= 0.6 is 0 Å². The van der Waals surface area contributed by atoms with Gasteiger partial charge >= 0.3 is 6.03 Å². The number of nitrogens with one attached hydrogen (secondary N) is 2. The van der Waals surface area contributed by atoms with E-state index in [2.05, 4.69) is 55.5 Å². The monoisotopic (exact) mass is 889 g/mol. The number of fused-ring (bicyclic) bond motifs is 1. The van der Waals surface area contributed by atoms with E-state index < -0.39 is 0 Å². The van der Waals surface area contributed by atoms with Gasteiger partial charge in [0.15, 0.2) is 5.82 Å². The summed E-state index contributed by atoms with van der Waals surface area (Å²) in [5, 5.41) is 25.3. The summed E-state index contributed by atoms with van der Waals surface area (Å²) in [7, 11) is 1.96. The molecule has 5 N–H and O–H groups in total. The number of hydrogen-bond acceptors (Lipinski definition) is 13. The number of phenolic OH excluding ortho intramolecular Hbond substituents is 1. The smallest absolute Gasteiger partial charge is 0.319 e. The van der Waals surface area contributed by atoms with Crippen molar-refractivity contribution in [3.63, 3.8) is 0 Å². The fraction of sp³-hybridized carbons (Fsp3) is 0.531. The van der Waals surface area contributed by atoms with Crippen molar-refractivity contribution in [3.8, 4) is 22.8 Å². The fourth-order valence-corrected chi connectivity index (χ4v) is 10.8. The number of nitrogens with two attached hydrogens (primary N) is 1. The molecule has 2 unspecified atom stereocenters. The molecule has 1 aliphatic carbocycles. The third-order valence-electron chi connectivity index (χ3n) is 14.1. The van der Waals surface area contributed by atoms with Crippen LogP contribution < -0.4 is 26.0 Å². The molecule has 5 fully saturated rings. The number of aromatic hydroxyl groups is 1. The zero-order chi connectivity index (χ0) is 45.2. The van der Waals surface area contributed by atoms with Crippen molar-refractivity contribution in [2.45, 2.75) is 89.4 Å². The summed E-state index contributed by atoms with van der Waals surface area (Å²) < 4.78 is 12.7. The van der Waals surface area contributed by atoms with E-state index in [1.165, 1.54) is 17.0 Å². The average Bonchev–Trinajstić information content (AvgIpc) is 3.72. The number of aromatic nitrogens is 2. The molecule has 65 heavy (non-hydrogen) atoms. The highest BCUT2D eigenvalue weighted by Gasteiger charge is 2.41. The van der Waals surface area contributed by atoms with Crippen LogP contribution in [-0.4, -0.2) is 143 Å². The number of para-hydroxylation sites is 1. The van der Waals surface area contributed by atoms with Crippen LogP contribution in [-0.2, 0) is 14.3 Å². The molecule has 346 valence electrons. The number of imide groups is 1. The number of carbonyl (C=O) groups excluding carboxylic acids is 3. The van der Waals surface area contributed by atoms with Crippen LogP contribution in [0.2, 0.25) is 0 Å². The Labute approximate surface area is 381 Å². The van der Waals surface area contributed by atoms with Crippen LogP contribution in [0.15, 0.2) is 77.6 Å². The van der Waals surface area contributed by atoms with Gasteiger partial charge in [-0.15, -0.1) is 10.2 Å². The van der Waals surface area contributed by atoms with Gasteiger partial charge in [0, 0.05) is 107 Å². The maximum atomic E-state index is 13.9. The van der Waals surface area contributed by atoms with E-state index in [0.29, 0.717) is 75.2 Å². The minimum Gasteiger partial charge on any atom is -0.507 e. The van der Waals surface area contributed by atoms with E-state index in [1.54, 1.807) is 12.1 Å². The SMILES string of the molecule is CC1CC=C2C(=C1N1CCC(N(C)C(=O)N3CCC(Oc4cccc(N[C@@H]5COC[C@H](C)CN(c6cc(-c7ccccc7O)nnc6N)C5)c4)CC3)CC1)CCN2C1CCC(=O)NC1=O. The van der Waals surface area contributed by atoms with Crippen LogP contribution in [0.4, 0.5) is 22.0 Å². The van der Waals surface area contributed by atoms with E-state index in [4.69, 9.17) is 15.2 Å². The number of piperidine rings is 3. The molecule has 5 saturated heterocycles. The van der Waals surface area contributed by atoms with Gasteiger partial charge in [-0.2, -0.15) is 0 Å². The van der Waals surface area contributed by atoms with Gasteiger partial charge in [0.05, 0.1) is 30.6 Å². The molecule has 1 aromatic heterocycles. The summed E-state index contributed by atoms with van der Waals surface area (Å²) in [4.78, 5) is 49.4. The van der Waals surface area contributed by atoms with Gasteiger partial charge in [-0.3, -0.25) is 14.9 Å². The second-order valence-corrected chi connectivity index (χ2v) is 18.9. The number of hydrogen-bond donors (Lipinski definition) is 4. The minimum atomic E-state index is -0.288. The molecule has 16 heteroatoms. The predicted molar refractivity (Wildman–Crippen MR) is 249 cm³/mol. The number of urea groups is 1. The van der Waals surface area contributed by atoms with Crippen molar-refractivity contribution >= 4 is 35.0 Å². The molecule has 6 aliphatic rings. The van der Waals surface area contributed by atoms with Crippen molar-refractivity contribution in [3.05, 3.63) is 77.6 Å². The lowest BCUT2D eigenvalue weighted by Crippen LogP contribution is -2.52. The lowest BCUT2D eigenvalue weighted by molar-refractivity contribution is -0.136. The molecular formula is C49H64N10O6. The van der Waals surface area contributed by atoms with Crippen molar-refractivity contribution in [1.82, 2.24) is 35.1 Å². The first kappa shape index (κ1) is 44.2. The zero-order valence-electron chi connectivity index (χ0n) is 38.0. The number of benzene rings is 2. The maximum absolute atomic E-state index is 13.9. The van der Waals surface area contributed by atoms with E-state index >= 15 is 0 Å².